The molecule has 1 amide bonds. The molecule has 0 aliphatic carbocycles. The summed E-state index contributed by atoms with van der Waals surface area (Å²) in [4.78, 5) is 24.1. The molecule has 0 spiro atoms. The standard InChI is InChI=1S/C11H14FNO4/c1-11(2)6-4-5-13(10(15)16-3)8(7(6)12)17-9(11)14/h4-8H,1-3H3. The maximum atomic E-state index is 14.1. The van der Waals surface area contributed by atoms with Crippen LogP contribution in [-0.2, 0) is 14.3 Å². The Morgan fingerprint density at radius 1 is 1.59 bits per heavy atom. The van der Waals surface area contributed by atoms with Crippen LogP contribution >= 0.6 is 0 Å². The molecule has 2 heterocycles. The van der Waals surface area contributed by atoms with Crippen molar-refractivity contribution in [2.75, 3.05) is 7.11 Å². The van der Waals surface area contributed by atoms with E-state index in [1.807, 2.05) is 0 Å². The monoisotopic (exact) mass is 243 g/mol. The Morgan fingerprint density at radius 3 is 2.82 bits per heavy atom. The maximum absolute atomic E-state index is 14.1. The van der Waals surface area contributed by atoms with Gasteiger partial charge in [-0.1, -0.05) is 6.08 Å². The van der Waals surface area contributed by atoms with Crippen LogP contribution in [0.1, 0.15) is 13.8 Å². The van der Waals surface area contributed by atoms with Gasteiger partial charge in [-0.25, -0.2) is 14.1 Å². The van der Waals surface area contributed by atoms with E-state index < -0.39 is 35.8 Å². The SMILES string of the molecule is COC(=O)N1C=CC2C(F)C1OC(=O)C2(C)C. The Balaban J connectivity index is 2.36. The number of nitrogens with zero attached hydrogens (tertiary/aromatic N) is 1. The number of hydrogen-bond donors (Lipinski definition) is 0. The number of carbonyl (C=O) groups is 2. The van der Waals surface area contributed by atoms with Crippen LogP contribution in [0.25, 0.3) is 0 Å². The minimum atomic E-state index is -1.44. The average molecular weight is 243 g/mol. The smallest absolute Gasteiger partial charge is 0.416 e. The number of hydrogen-bond acceptors (Lipinski definition) is 4. The van der Waals surface area contributed by atoms with Crippen molar-refractivity contribution in [1.82, 2.24) is 4.90 Å². The predicted octanol–water partition coefficient (Wildman–Crippen LogP) is 1.45. The van der Waals surface area contributed by atoms with E-state index in [2.05, 4.69) is 4.74 Å². The van der Waals surface area contributed by atoms with Gasteiger partial charge in [-0.15, -0.1) is 0 Å². The van der Waals surface area contributed by atoms with Crippen molar-refractivity contribution in [3.8, 4) is 0 Å². The maximum Gasteiger partial charge on any atom is 0.416 e. The first-order valence-electron chi connectivity index (χ1n) is 5.29. The molecule has 3 unspecified atom stereocenters. The van der Waals surface area contributed by atoms with Gasteiger partial charge in [-0.2, -0.15) is 0 Å². The van der Waals surface area contributed by atoms with Crippen molar-refractivity contribution in [3.05, 3.63) is 12.3 Å². The summed E-state index contributed by atoms with van der Waals surface area (Å²) < 4.78 is 23.6. The van der Waals surface area contributed by atoms with Gasteiger partial charge in [0.2, 0.25) is 6.23 Å². The number of alkyl halides is 1. The van der Waals surface area contributed by atoms with Gasteiger partial charge in [-0.3, -0.25) is 4.79 Å². The van der Waals surface area contributed by atoms with Gasteiger partial charge in [0.1, 0.15) is 0 Å². The lowest BCUT2D eigenvalue weighted by atomic mass is 9.73. The van der Waals surface area contributed by atoms with Gasteiger partial charge in [-0.05, 0) is 13.8 Å². The van der Waals surface area contributed by atoms with Crippen LogP contribution in [0.2, 0.25) is 0 Å². The fourth-order valence-corrected chi connectivity index (χ4v) is 2.14. The third kappa shape index (κ3) is 1.59. The van der Waals surface area contributed by atoms with E-state index in [-0.39, 0.29) is 0 Å². The first-order valence-corrected chi connectivity index (χ1v) is 5.29. The first-order chi connectivity index (χ1) is 7.89. The Labute approximate surface area is 98.2 Å². The van der Waals surface area contributed by atoms with Crippen LogP contribution in [0.3, 0.4) is 0 Å². The molecule has 3 atom stereocenters. The molecule has 0 aromatic rings. The third-order valence-corrected chi connectivity index (χ3v) is 3.32. The number of esters is 1. The normalized spacial score (nSPS) is 34.2. The molecule has 1 fully saturated rings. The molecular formula is C11H14FNO4. The zero-order chi connectivity index (χ0) is 12.8. The summed E-state index contributed by atoms with van der Waals surface area (Å²) in [6.07, 6.45) is -0.492. The van der Waals surface area contributed by atoms with E-state index in [0.29, 0.717) is 0 Å². The first kappa shape index (κ1) is 11.9. The summed E-state index contributed by atoms with van der Waals surface area (Å²) in [6, 6.07) is 0. The lowest BCUT2D eigenvalue weighted by Gasteiger charge is -2.46. The van der Waals surface area contributed by atoms with Crippen molar-refractivity contribution in [2.45, 2.75) is 26.2 Å². The Hall–Kier alpha value is -1.59. The lowest BCUT2D eigenvalue weighted by molar-refractivity contribution is -0.197. The fraction of sp³-hybridized carbons (Fsp3) is 0.636. The molecule has 0 N–H and O–H groups in total. The highest BCUT2D eigenvalue weighted by molar-refractivity contribution is 5.79. The highest BCUT2D eigenvalue weighted by Gasteiger charge is 2.55. The molecule has 0 aromatic carbocycles. The van der Waals surface area contributed by atoms with Crippen LogP contribution in [0.4, 0.5) is 9.18 Å². The predicted molar refractivity (Wildman–Crippen MR) is 55.4 cm³/mol. The zero-order valence-corrected chi connectivity index (χ0v) is 9.84. The van der Waals surface area contributed by atoms with Crippen LogP contribution in [0, 0.1) is 11.3 Å². The van der Waals surface area contributed by atoms with Crippen LogP contribution in [-0.4, -0.2) is 36.5 Å². The van der Waals surface area contributed by atoms with Gasteiger partial charge in [0.15, 0.2) is 6.17 Å². The topological polar surface area (TPSA) is 55.8 Å². The summed E-state index contributed by atoms with van der Waals surface area (Å²) in [6.45, 7) is 3.25. The number of methoxy groups -OCH3 is 1. The number of rotatable bonds is 0. The number of allylic oxidation sites excluding steroid dienone is 1. The molecule has 2 aliphatic rings. The molecule has 17 heavy (non-hydrogen) atoms. The minimum Gasteiger partial charge on any atom is -0.452 e. The van der Waals surface area contributed by atoms with Crippen molar-refractivity contribution < 1.29 is 23.5 Å². The van der Waals surface area contributed by atoms with Crippen molar-refractivity contribution in [1.29, 1.82) is 0 Å². The molecule has 5 nitrogen and oxygen atoms in total. The Kier molecular flexibility index (Phi) is 2.60. The number of amides is 1. The number of halogens is 1. The number of fused-ring (bicyclic) bond motifs is 2. The molecule has 1 saturated heterocycles. The van der Waals surface area contributed by atoms with Gasteiger partial charge in [0, 0.05) is 12.1 Å². The average Bonchev–Trinajstić information content (AvgIpc) is 2.28. The highest BCUT2D eigenvalue weighted by Crippen LogP contribution is 2.43. The molecule has 94 valence electrons. The minimum absolute atomic E-state index is 0.514. The van der Waals surface area contributed by atoms with Crippen molar-refractivity contribution >= 4 is 12.1 Å². The molecular weight excluding hydrogens is 229 g/mol. The third-order valence-electron chi connectivity index (χ3n) is 3.32. The summed E-state index contributed by atoms with van der Waals surface area (Å²) in [5.74, 6) is -1.10. The van der Waals surface area contributed by atoms with E-state index in [9.17, 15) is 14.0 Å². The van der Waals surface area contributed by atoms with E-state index in [1.165, 1.54) is 19.4 Å². The molecule has 0 saturated carbocycles. The van der Waals surface area contributed by atoms with Crippen LogP contribution in [0.5, 0.6) is 0 Å². The fourth-order valence-electron chi connectivity index (χ4n) is 2.14. The summed E-state index contributed by atoms with van der Waals surface area (Å²) in [7, 11) is 1.18. The summed E-state index contributed by atoms with van der Waals surface area (Å²) >= 11 is 0. The summed E-state index contributed by atoms with van der Waals surface area (Å²) in [5, 5.41) is 0. The second-order valence-electron chi connectivity index (χ2n) is 4.71. The molecule has 2 bridgehead atoms. The van der Waals surface area contributed by atoms with Gasteiger partial charge in [0.05, 0.1) is 12.5 Å². The lowest BCUT2D eigenvalue weighted by Crippen LogP contribution is -2.59. The van der Waals surface area contributed by atoms with Gasteiger partial charge < -0.3 is 9.47 Å². The molecule has 2 aliphatic heterocycles. The molecule has 6 heteroatoms. The van der Waals surface area contributed by atoms with Crippen molar-refractivity contribution in [3.63, 3.8) is 0 Å². The van der Waals surface area contributed by atoms with Crippen LogP contribution in [0.15, 0.2) is 12.3 Å². The number of carbonyl (C=O) groups excluding carboxylic acids is 2. The van der Waals surface area contributed by atoms with E-state index in [0.717, 1.165) is 4.90 Å². The largest absolute Gasteiger partial charge is 0.452 e. The Morgan fingerprint density at radius 2 is 2.24 bits per heavy atom. The molecule has 2 rings (SSSR count). The van der Waals surface area contributed by atoms with E-state index >= 15 is 0 Å². The molecule has 0 aromatic heterocycles. The quantitative estimate of drug-likeness (QED) is 0.604. The Bertz CT molecular complexity index is 393. The van der Waals surface area contributed by atoms with Crippen molar-refractivity contribution in [2.24, 2.45) is 11.3 Å². The molecule has 0 radical (unpaired) electrons. The number of ether oxygens (including phenoxy) is 2. The van der Waals surface area contributed by atoms with E-state index in [1.54, 1.807) is 13.8 Å². The van der Waals surface area contributed by atoms with Crippen LogP contribution < -0.4 is 0 Å². The van der Waals surface area contributed by atoms with E-state index in [4.69, 9.17) is 4.74 Å². The zero-order valence-electron chi connectivity index (χ0n) is 9.84. The second-order valence-corrected chi connectivity index (χ2v) is 4.71. The second kappa shape index (κ2) is 3.72. The summed E-state index contributed by atoms with van der Waals surface area (Å²) in [5.41, 5.74) is -0.922. The van der Waals surface area contributed by atoms with Gasteiger partial charge >= 0.3 is 12.1 Å². The van der Waals surface area contributed by atoms with Gasteiger partial charge in [0.25, 0.3) is 0 Å². The highest BCUT2D eigenvalue weighted by atomic mass is 19.1.